The molecule has 1 atom stereocenters. The minimum Gasteiger partial charge on any atom is -0.362 e. The number of rotatable bonds is 4. The van der Waals surface area contributed by atoms with E-state index in [1.54, 1.807) is 12.5 Å². The highest BCUT2D eigenvalue weighted by Crippen LogP contribution is 2.27. The fourth-order valence-electron chi connectivity index (χ4n) is 3.38. The van der Waals surface area contributed by atoms with Gasteiger partial charge in [0.2, 0.25) is 0 Å². The highest BCUT2D eigenvalue weighted by Gasteiger charge is 2.10. The number of fused-ring (bicyclic) bond motifs is 2. The Bertz CT molecular complexity index is 1260. The van der Waals surface area contributed by atoms with E-state index in [1.165, 1.54) is 5.56 Å². The maximum absolute atomic E-state index is 4.72. The van der Waals surface area contributed by atoms with E-state index in [-0.39, 0.29) is 6.04 Å². The van der Waals surface area contributed by atoms with E-state index in [0.29, 0.717) is 0 Å². The number of H-pyrrole nitrogens is 1. The molecule has 136 valence electrons. The Morgan fingerprint density at radius 1 is 0.929 bits per heavy atom. The molecule has 0 fully saturated rings. The lowest BCUT2D eigenvalue weighted by atomic mass is 10.1. The van der Waals surface area contributed by atoms with Gasteiger partial charge in [-0.15, -0.1) is 0 Å². The molecular formula is C22H18N6. The summed E-state index contributed by atoms with van der Waals surface area (Å²) in [6.07, 6.45) is 5.22. The van der Waals surface area contributed by atoms with E-state index in [1.807, 2.05) is 48.7 Å². The summed E-state index contributed by atoms with van der Waals surface area (Å²) in [5.74, 6) is 0.756. The van der Waals surface area contributed by atoms with Gasteiger partial charge in [0.25, 0.3) is 0 Å². The minimum absolute atomic E-state index is 0.148. The van der Waals surface area contributed by atoms with Crippen LogP contribution in [0, 0.1) is 0 Å². The van der Waals surface area contributed by atoms with Gasteiger partial charge >= 0.3 is 0 Å². The molecule has 0 saturated carbocycles. The molecule has 0 aliphatic carbocycles. The Kier molecular flexibility index (Phi) is 3.94. The van der Waals surface area contributed by atoms with Crippen molar-refractivity contribution in [3.8, 4) is 11.3 Å². The fourth-order valence-corrected chi connectivity index (χ4v) is 3.38. The van der Waals surface area contributed by atoms with Crippen LogP contribution in [0.1, 0.15) is 18.5 Å². The number of anilines is 1. The van der Waals surface area contributed by atoms with Crippen molar-refractivity contribution in [3.63, 3.8) is 0 Å². The largest absolute Gasteiger partial charge is 0.362 e. The molecule has 0 radical (unpaired) electrons. The summed E-state index contributed by atoms with van der Waals surface area (Å²) >= 11 is 0. The number of aromatic amines is 1. The molecule has 2 aromatic carbocycles. The molecule has 5 aromatic rings. The van der Waals surface area contributed by atoms with Crippen LogP contribution >= 0.6 is 0 Å². The van der Waals surface area contributed by atoms with Crippen LogP contribution in [0.2, 0.25) is 0 Å². The Hall–Kier alpha value is -3.80. The second kappa shape index (κ2) is 6.74. The quantitative estimate of drug-likeness (QED) is 0.480. The van der Waals surface area contributed by atoms with Gasteiger partial charge in [-0.25, -0.2) is 15.0 Å². The molecule has 0 aliphatic rings. The van der Waals surface area contributed by atoms with Gasteiger partial charge in [0, 0.05) is 23.2 Å². The van der Waals surface area contributed by atoms with Crippen LogP contribution in [0.25, 0.3) is 33.3 Å². The molecule has 5 rings (SSSR count). The van der Waals surface area contributed by atoms with Gasteiger partial charge in [0.1, 0.15) is 17.8 Å². The van der Waals surface area contributed by atoms with Crippen LogP contribution in [-0.2, 0) is 0 Å². The van der Waals surface area contributed by atoms with E-state index >= 15 is 0 Å². The third-order valence-corrected chi connectivity index (χ3v) is 4.83. The lowest BCUT2D eigenvalue weighted by molar-refractivity contribution is 0.874. The molecule has 0 spiro atoms. The van der Waals surface area contributed by atoms with Crippen molar-refractivity contribution in [3.05, 3.63) is 78.9 Å². The molecule has 0 saturated heterocycles. The predicted molar refractivity (Wildman–Crippen MR) is 111 cm³/mol. The van der Waals surface area contributed by atoms with Crippen LogP contribution < -0.4 is 5.32 Å². The SMILES string of the molecule is C[C@@H](Nc1cnc2cc(-c3ncnc4[nH]ccc34)ccc2n1)c1ccccc1. The smallest absolute Gasteiger partial charge is 0.145 e. The Morgan fingerprint density at radius 3 is 2.71 bits per heavy atom. The monoisotopic (exact) mass is 366 g/mol. The topological polar surface area (TPSA) is 79.4 Å². The van der Waals surface area contributed by atoms with Crippen molar-refractivity contribution in [1.29, 1.82) is 0 Å². The predicted octanol–water partition coefficient (Wildman–Crippen LogP) is 4.74. The average Bonchev–Trinajstić information content (AvgIpc) is 3.23. The molecule has 0 unspecified atom stereocenters. The second-order valence-corrected chi connectivity index (χ2v) is 6.70. The lowest BCUT2D eigenvalue weighted by Crippen LogP contribution is -2.08. The van der Waals surface area contributed by atoms with E-state index < -0.39 is 0 Å². The molecule has 3 heterocycles. The first-order chi connectivity index (χ1) is 13.8. The first-order valence-corrected chi connectivity index (χ1v) is 9.15. The van der Waals surface area contributed by atoms with Crippen molar-refractivity contribution in [2.24, 2.45) is 0 Å². The maximum Gasteiger partial charge on any atom is 0.145 e. The number of nitrogens with zero attached hydrogens (tertiary/aromatic N) is 4. The van der Waals surface area contributed by atoms with Crippen molar-refractivity contribution in [1.82, 2.24) is 24.9 Å². The molecule has 0 aliphatic heterocycles. The molecule has 0 amide bonds. The number of hydrogen-bond acceptors (Lipinski definition) is 5. The number of benzene rings is 2. The van der Waals surface area contributed by atoms with Crippen LogP contribution in [0.3, 0.4) is 0 Å². The van der Waals surface area contributed by atoms with E-state index in [2.05, 4.69) is 44.3 Å². The van der Waals surface area contributed by atoms with Gasteiger partial charge in [-0.2, -0.15) is 0 Å². The van der Waals surface area contributed by atoms with Crippen LogP contribution in [0.5, 0.6) is 0 Å². The third-order valence-electron chi connectivity index (χ3n) is 4.83. The lowest BCUT2D eigenvalue weighted by Gasteiger charge is -2.15. The van der Waals surface area contributed by atoms with Crippen LogP contribution in [0.15, 0.2) is 73.3 Å². The van der Waals surface area contributed by atoms with Gasteiger partial charge < -0.3 is 10.3 Å². The number of nitrogens with one attached hydrogen (secondary N) is 2. The zero-order chi connectivity index (χ0) is 18.9. The summed E-state index contributed by atoms with van der Waals surface area (Å²) in [6, 6.07) is 18.4. The zero-order valence-electron chi connectivity index (χ0n) is 15.3. The number of aromatic nitrogens is 5. The summed E-state index contributed by atoms with van der Waals surface area (Å²) in [5, 5.41) is 4.41. The van der Waals surface area contributed by atoms with Gasteiger partial charge in [-0.1, -0.05) is 36.4 Å². The fraction of sp³-hybridized carbons (Fsp3) is 0.0909. The van der Waals surface area contributed by atoms with Gasteiger partial charge in [0.15, 0.2) is 0 Å². The average molecular weight is 366 g/mol. The molecule has 28 heavy (non-hydrogen) atoms. The van der Waals surface area contributed by atoms with Crippen molar-refractivity contribution in [2.45, 2.75) is 13.0 Å². The van der Waals surface area contributed by atoms with E-state index in [4.69, 9.17) is 4.98 Å². The summed E-state index contributed by atoms with van der Waals surface area (Å²) in [6.45, 7) is 2.11. The van der Waals surface area contributed by atoms with Gasteiger partial charge in [-0.05, 0) is 30.7 Å². The maximum atomic E-state index is 4.72. The summed E-state index contributed by atoms with van der Waals surface area (Å²) < 4.78 is 0. The molecule has 6 heteroatoms. The normalized spacial score (nSPS) is 12.3. The third kappa shape index (κ3) is 2.95. The van der Waals surface area contributed by atoms with E-state index in [9.17, 15) is 0 Å². The Balaban J connectivity index is 1.47. The molecule has 0 bridgehead atoms. The van der Waals surface area contributed by atoms with Crippen molar-refractivity contribution < 1.29 is 0 Å². The molecule has 2 N–H and O–H groups in total. The highest BCUT2D eigenvalue weighted by atomic mass is 15.0. The van der Waals surface area contributed by atoms with Crippen LogP contribution in [0.4, 0.5) is 5.82 Å². The van der Waals surface area contributed by atoms with Crippen LogP contribution in [-0.4, -0.2) is 24.9 Å². The molecular weight excluding hydrogens is 348 g/mol. The standard InChI is InChI=1S/C22H18N6/c1-14(15-5-3-2-4-6-15)27-20-12-24-19-11-16(7-8-18(19)28-20)21-17-9-10-23-22(17)26-13-25-21/h2-14H,1H3,(H,27,28)(H,23,25,26)/t14-/m1/s1. The second-order valence-electron chi connectivity index (χ2n) is 6.70. The first-order valence-electron chi connectivity index (χ1n) is 9.15. The Morgan fingerprint density at radius 2 is 1.82 bits per heavy atom. The first kappa shape index (κ1) is 16.4. The summed E-state index contributed by atoms with van der Waals surface area (Å²) in [7, 11) is 0. The number of hydrogen-bond donors (Lipinski definition) is 2. The van der Waals surface area contributed by atoms with Crippen molar-refractivity contribution in [2.75, 3.05) is 5.32 Å². The van der Waals surface area contributed by atoms with Crippen molar-refractivity contribution >= 4 is 27.9 Å². The summed E-state index contributed by atoms with van der Waals surface area (Å²) in [5.41, 5.74) is 5.58. The molecule has 6 nitrogen and oxygen atoms in total. The minimum atomic E-state index is 0.148. The zero-order valence-corrected chi connectivity index (χ0v) is 15.3. The molecule has 3 aromatic heterocycles. The van der Waals surface area contributed by atoms with Gasteiger partial charge in [0.05, 0.1) is 22.9 Å². The van der Waals surface area contributed by atoms with Gasteiger partial charge in [-0.3, -0.25) is 4.98 Å². The Labute approximate surface area is 161 Å². The highest BCUT2D eigenvalue weighted by molar-refractivity contribution is 5.93. The summed E-state index contributed by atoms with van der Waals surface area (Å²) in [4.78, 5) is 21.1. The van der Waals surface area contributed by atoms with E-state index in [0.717, 1.165) is 39.1 Å².